The molecule has 1 aromatic heterocycles. The van der Waals surface area contributed by atoms with Gasteiger partial charge >= 0.3 is 0 Å². The number of rotatable bonds is 2. The molecule has 3 heteroatoms. The van der Waals surface area contributed by atoms with Gasteiger partial charge < -0.3 is 5.11 Å². The Balaban J connectivity index is 2.53. The second kappa shape index (κ2) is 4.64. The van der Waals surface area contributed by atoms with Gasteiger partial charge in [0.15, 0.2) is 0 Å². The molecule has 1 N–H and O–H groups in total. The van der Waals surface area contributed by atoms with Crippen LogP contribution in [0.15, 0.2) is 36.7 Å². The smallest absolute Gasteiger partial charge is 0.0682 e. The van der Waals surface area contributed by atoms with E-state index in [-0.39, 0.29) is 6.61 Å². The van der Waals surface area contributed by atoms with E-state index in [1.807, 2.05) is 25.1 Å². The highest BCUT2D eigenvalue weighted by Crippen LogP contribution is 2.30. The predicted molar refractivity (Wildman–Crippen MR) is 65.3 cm³/mol. The van der Waals surface area contributed by atoms with Crippen molar-refractivity contribution in [3.63, 3.8) is 0 Å². The van der Waals surface area contributed by atoms with Crippen LogP contribution in [0.2, 0.25) is 5.02 Å². The average Bonchev–Trinajstić information content (AvgIpc) is 2.30. The summed E-state index contributed by atoms with van der Waals surface area (Å²) in [7, 11) is 0. The molecule has 0 saturated heterocycles. The van der Waals surface area contributed by atoms with Crippen LogP contribution < -0.4 is 0 Å². The van der Waals surface area contributed by atoms with E-state index >= 15 is 0 Å². The summed E-state index contributed by atoms with van der Waals surface area (Å²) in [5.74, 6) is 0. The van der Waals surface area contributed by atoms with Crippen LogP contribution >= 0.6 is 11.6 Å². The number of halogens is 1. The van der Waals surface area contributed by atoms with Gasteiger partial charge in [-0.15, -0.1) is 0 Å². The van der Waals surface area contributed by atoms with Crippen LogP contribution in [0.25, 0.3) is 11.1 Å². The number of hydrogen-bond donors (Lipinski definition) is 1. The Hall–Kier alpha value is -1.38. The molecule has 0 saturated carbocycles. The summed E-state index contributed by atoms with van der Waals surface area (Å²) in [5, 5.41) is 9.65. The molecule has 0 atom stereocenters. The maximum absolute atomic E-state index is 9.01. The number of hydrogen-bond acceptors (Lipinski definition) is 2. The molecular formula is C13H12ClNO. The second-order valence-electron chi connectivity index (χ2n) is 3.66. The molecule has 0 bridgehead atoms. The summed E-state index contributed by atoms with van der Waals surface area (Å²) >= 11 is 6.18. The topological polar surface area (TPSA) is 33.1 Å². The molecule has 1 heterocycles. The summed E-state index contributed by atoms with van der Waals surface area (Å²) in [6, 6.07) is 7.51. The van der Waals surface area contributed by atoms with E-state index in [0.29, 0.717) is 5.02 Å². The molecule has 0 amide bonds. The molecule has 0 spiro atoms. The lowest BCUT2D eigenvalue weighted by molar-refractivity contribution is 0.282. The lowest BCUT2D eigenvalue weighted by Gasteiger charge is -2.08. The van der Waals surface area contributed by atoms with Crippen LogP contribution in [-0.2, 0) is 6.61 Å². The Bertz CT molecular complexity index is 511. The molecule has 0 radical (unpaired) electrons. The minimum Gasteiger partial charge on any atom is -0.392 e. The number of pyridine rings is 1. The number of aryl methyl sites for hydroxylation is 1. The van der Waals surface area contributed by atoms with Crippen molar-refractivity contribution in [1.82, 2.24) is 4.98 Å². The largest absolute Gasteiger partial charge is 0.392 e. The van der Waals surface area contributed by atoms with Crippen LogP contribution in [0.1, 0.15) is 11.1 Å². The lowest BCUT2D eigenvalue weighted by atomic mass is 10.0. The first-order valence-corrected chi connectivity index (χ1v) is 5.40. The molecule has 0 aliphatic heterocycles. The minimum absolute atomic E-state index is 0.00597. The SMILES string of the molecule is Cc1ccncc1-c1ccc(CO)cc1Cl. The molecule has 0 fully saturated rings. The summed E-state index contributed by atoms with van der Waals surface area (Å²) in [4.78, 5) is 4.10. The van der Waals surface area contributed by atoms with Gasteiger partial charge in [-0.2, -0.15) is 0 Å². The van der Waals surface area contributed by atoms with Crippen molar-refractivity contribution in [3.8, 4) is 11.1 Å². The van der Waals surface area contributed by atoms with Gasteiger partial charge in [0.05, 0.1) is 6.61 Å². The van der Waals surface area contributed by atoms with E-state index < -0.39 is 0 Å². The fourth-order valence-corrected chi connectivity index (χ4v) is 1.93. The van der Waals surface area contributed by atoms with Gasteiger partial charge in [-0.05, 0) is 30.2 Å². The molecular weight excluding hydrogens is 222 g/mol. The van der Waals surface area contributed by atoms with Crippen LogP contribution in [0.3, 0.4) is 0 Å². The Labute approximate surface area is 99.5 Å². The monoisotopic (exact) mass is 233 g/mol. The zero-order valence-corrected chi connectivity index (χ0v) is 9.70. The summed E-state index contributed by atoms with van der Waals surface area (Å²) in [6.07, 6.45) is 3.56. The van der Waals surface area contributed by atoms with E-state index in [2.05, 4.69) is 4.98 Å². The molecule has 1 aromatic carbocycles. The van der Waals surface area contributed by atoms with E-state index in [4.69, 9.17) is 16.7 Å². The summed E-state index contributed by atoms with van der Waals surface area (Å²) in [6.45, 7) is 2.03. The van der Waals surface area contributed by atoms with Crippen LogP contribution in [0.4, 0.5) is 0 Å². The van der Waals surface area contributed by atoms with Gasteiger partial charge in [-0.25, -0.2) is 0 Å². The number of benzene rings is 1. The van der Waals surface area contributed by atoms with E-state index in [9.17, 15) is 0 Å². The van der Waals surface area contributed by atoms with Gasteiger partial charge in [0.2, 0.25) is 0 Å². The van der Waals surface area contributed by atoms with Gasteiger partial charge in [-0.3, -0.25) is 4.98 Å². The predicted octanol–water partition coefficient (Wildman–Crippen LogP) is 3.20. The quantitative estimate of drug-likeness (QED) is 0.864. The molecule has 82 valence electrons. The molecule has 16 heavy (non-hydrogen) atoms. The van der Waals surface area contributed by atoms with E-state index in [1.54, 1.807) is 18.5 Å². The van der Waals surface area contributed by atoms with Crippen molar-refractivity contribution >= 4 is 11.6 Å². The first kappa shape index (κ1) is 11.1. The van der Waals surface area contributed by atoms with Gasteiger partial charge in [-0.1, -0.05) is 23.7 Å². The Morgan fingerprint density at radius 1 is 1.25 bits per heavy atom. The molecule has 0 aliphatic carbocycles. The molecule has 0 aliphatic rings. The lowest BCUT2D eigenvalue weighted by Crippen LogP contribution is -1.88. The third-order valence-corrected chi connectivity index (χ3v) is 2.86. The standard InChI is InChI=1S/C13H12ClNO/c1-9-4-5-15-7-12(9)11-3-2-10(8-16)6-13(11)14/h2-7,16H,8H2,1H3. The van der Waals surface area contributed by atoms with Gasteiger partial charge in [0.1, 0.15) is 0 Å². The minimum atomic E-state index is 0.00597. The van der Waals surface area contributed by atoms with Gasteiger partial charge in [0.25, 0.3) is 0 Å². The van der Waals surface area contributed by atoms with Crippen LogP contribution in [0.5, 0.6) is 0 Å². The number of aliphatic hydroxyl groups excluding tert-OH is 1. The summed E-state index contributed by atoms with van der Waals surface area (Å²) in [5.41, 5.74) is 3.92. The Morgan fingerprint density at radius 2 is 2.06 bits per heavy atom. The van der Waals surface area contributed by atoms with E-state index in [0.717, 1.165) is 22.3 Å². The van der Waals surface area contributed by atoms with Gasteiger partial charge in [0, 0.05) is 28.5 Å². The Kier molecular flexibility index (Phi) is 3.22. The van der Waals surface area contributed by atoms with E-state index in [1.165, 1.54) is 0 Å². The first-order chi connectivity index (χ1) is 7.72. The molecule has 0 unspecified atom stereocenters. The second-order valence-corrected chi connectivity index (χ2v) is 4.07. The molecule has 2 rings (SSSR count). The highest BCUT2D eigenvalue weighted by Gasteiger charge is 2.06. The Morgan fingerprint density at radius 3 is 2.69 bits per heavy atom. The number of aromatic nitrogens is 1. The van der Waals surface area contributed by atoms with Crippen molar-refractivity contribution in [2.75, 3.05) is 0 Å². The first-order valence-electron chi connectivity index (χ1n) is 5.02. The fraction of sp³-hybridized carbons (Fsp3) is 0.154. The highest BCUT2D eigenvalue weighted by molar-refractivity contribution is 6.33. The highest BCUT2D eigenvalue weighted by atomic mass is 35.5. The van der Waals surface area contributed by atoms with Crippen molar-refractivity contribution < 1.29 is 5.11 Å². The van der Waals surface area contributed by atoms with Crippen molar-refractivity contribution in [1.29, 1.82) is 0 Å². The van der Waals surface area contributed by atoms with Crippen molar-refractivity contribution in [2.45, 2.75) is 13.5 Å². The third-order valence-electron chi connectivity index (χ3n) is 2.55. The van der Waals surface area contributed by atoms with Crippen LogP contribution in [0, 0.1) is 6.92 Å². The number of nitrogens with zero attached hydrogens (tertiary/aromatic N) is 1. The fourth-order valence-electron chi connectivity index (χ4n) is 1.62. The average molecular weight is 234 g/mol. The molecule has 2 nitrogen and oxygen atoms in total. The third kappa shape index (κ3) is 2.08. The normalized spacial score (nSPS) is 10.4. The van der Waals surface area contributed by atoms with Crippen LogP contribution in [-0.4, -0.2) is 10.1 Å². The maximum atomic E-state index is 9.01. The molecule has 2 aromatic rings. The maximum Gasteiger partial charge on any atom is 0.0682 e. The van der Waals surface area contributed by atoms with Crippen molar-refractivity contribution in [2.24, 2.45) is 0 Å². The zero-order valence-electron chi connectivity index (χ0n) is 8.94. The van der Waals surface area contributed by atoms with Crippen molar-refractivity contribution in [3.05, 3.63) is 52.8 Å². The summed E-state index contributed by atoms with van der Waals surface area (Å²) < 4.78 is 0. The zero-order chi connectivity index (χ0) is 11.5. The number of aliphatic hydroxyl groups is 1.